The number of aryl methyl sites for hydroxylation is 1. The van der Waals surface area contributed by atoms with Crippen LogP contribution >= 0.6 is 0 Å². The quantitative estimate of drug-likeness (QED) is 0.469. The first-order chi connectivity index (χ1) is 15.9. The predicted octanol–water partition coefficient (Wildman–Crippen LogP) is 5.07. The van der Waals surface area contributed by atoms with Gasteiger partial charge in [-0.2, -0.15) is 0 Å². The molecular weight excluding hydrogens is 408 g/mol. The number of piperazine rings is 1. The summed E-state index contributed by atoms with van der Waals surface area (Å²) >= 11 is 0. The fourth-order valence-electron chi connectivity index (χ4n) is 4.57. The van der Waals surface area contributed by atoms with Crippen molar-refractivity contribution in [2.45, 2.75) is 46.2 Å². The molecule has 0 unspecified atom stereocenters. The molecule has 0 amide bonds. The number of aromatic amines is 1. The Morgan fingerprint density at radius 2 is 1.73 bits per heavy atom. The van der Waals surface area contributed by atoms with Crippen LogP contribution in [0, 0.1) is 0 Å². The number of fused-ring (bicyclic) bond motifs is 1. The van der Waals surface area contributed by atoms with E-state index in [1.54, 1.807) is 0 Å². The number of benzene rings is 2. The Morgan fingerprint density at radius 3 is 2.39 bits per heavy atom. The molecule has 0 spiro atoms. The minimum atomic E-state index is 0.151. The van der Waals surface area contributed by atoms with Gasteiger partial charge < -0.3 is 14.5 Å². The van der Waals surface area contributed by atoms with E-state index >= 15 is 0 Å². The minimum absolute atomic E-state index is 0.151. The van der Waals surface area contributed by atoms with Crippen molar-refractivity contribution < 1.29 is 0 Å². The Balaban J connectivity index is 1.32. The highest BCUT2D eigenvalue weighted by molar-refractivity contribution is 5.91. The van der Waals surface area contributed by atoms with Crippen LogP contribution in [0.4, 0.5) is 5.69 Å². The lowest BCUT2D eigenvalue weighted by atomic mass is 9.87. The number of para-hydroxylation sites is 1. The Morgan fingerprint density at radius 1 is 0.970 bits per heavy atom. The first kappa shape index (κ1) is 21.7. The summed E-state index contributed by atoms with van der Waals surface area (Å²) in [6, 6.07) is 15.2. The number of imidazole rings is 2. The maximum atomic E-state index is 5.03. The average Bonchev–Trinajstić information content (AvgIpc) is 3.46. The Labute approximate surface area is 196 Å². The molecule has 0 radical (unpaired) electrons. The van der Waals surface area contributed by atoms with Crippen LogP contribution in [0.1, 0.15) is 39.0 Å². The van der Waals surface area contributed by atoms with Crippen LogP contribution in [0.2, 0.25) is 0 Å². The van der Waals surface area contributed by atoms with Gasteiger partial charge in [0.25, 0.3) is 0 Å². The molecule has 3 heterocycles. The summed E-state index contributed by atoms with van der Waals surface area (Å²) in [4.78, 5) is 18.1. The highest BCUT2D eigenvalue weighted by atomic mass is 15.3. The number of aromatic nitrogens is 4. The van der Waals surface area contributed by atoms with Crippen LogP contribution in [0.15, 0.2) is 55.0 Å². The Bertz CT molecular complexity index is 1220. The van der Waals surface area contributed by atoms with Gasteiger partial charge in [-0.05, 0) is 30.0 Å². The van der Waals surface area contributed by atoms with E-state index < -0.39 is 0 Å². The number of hydrogen-bond acceptors (Lipinski definition) is 4. The number of hydrogen-bond donors (Lipinski definition) is 1. The van der Waals surface area contributed by atoms with E-state index in [2.05, 4.69) is 101 Å². The number of rotatable bonds is 5. The van der Waals surface area contributed by atoms with E-state index in [1.807, 2.05) is 6.33 Å². The molecule has 0 saturated carbocycles. The summed E-state index contributed by atoms with van der Waals surface area (Å²) in [6.45, 7) is 14.8. The zero-order chi connectivity index (χ0) is 23.0. The van der Waals surface area contributed by atoms with Gasteiger partial charge in [-0.15, -0.1) is 0 Å². The molecule has 2 aromatic carbocycles. The highest BCUT2D eigenvalue weighted by Crippen LogP contribution is 2.30. The zero-order valence-electron chi connectivity index (χ0n) is 20.2. The first-order valence-electron chi connectivity index (χ1n) is 12.0. The summed E-state index contributed by atoms with van der Waals surface area (Å²) in [5, 5.41) is 0. The molecule has 172 valence electrons. The van der Waals surface area contributed by atoms with Crippen molar-refractivity contribution in [3.63, 3.8) is 0 Å². The van der Waals surface area contributed by atoms with Crippen LogP contribution in [0.25, 0.3) is 22.4 Å². The molecule has 33 heavy (non-hydrogen) atoms. The molecule has 4 aromatic rings. The lowest BCUT2D eigenvalue weighted by molar-refractivity contribution is 0.247. The molecule has 1 saturated heterocycles. The molecule has 5 rings (SSSR count). The van der Waals surface area contributed by atoms with Crippen molar-refractivity contribution in [2.75, 3.05) is 31.1 Å². The lowest BCUT2D eigenvalue weighted by Gasteiger charge is -2.35. The van der Waals surface area contributed by atoms with E-state index in [4.69, 9.17) is 4.98 Å². The molecule has 2 aromatic heterocycles. The fraction of sp³-hybridized carbons (Fsp3) is 0.407. The topological polar surface area (TPSA) is 53.0 Å². The Hall–Kier alpha value is -3.12. The molecule has 0 atom stereocenters. The van der Waals surface area contributed by atoms with E-state index in [9.17, 15) is 0 Å². The SMILES string of the molecule is CCn1cnc(CN2CCN(c3cccc4[nH]c(-c5ccc(C(C)(C)C)cc5)nc34)CC2)c1. The third-order valence-corrected chi connectivity index (χ3v) is 6.67. The second kappa shape index (κ2) is 8.67. The highest BCUT2D eigenvalue weighted by Gasteiger charge is 2.21. The van der Waals surface area contributed by atoms with E-state index in [-0.39, 0.29) is 5.41 Å². The molecular formula is C27H34N6. The first-order valence-corrected chi connectivity index (χ1v) is 12.0. The maximum absolute atomic E-state index is 5.03. The van der Waals surface area contributed by atoms with Gasteiger partial charge in [0.2, 0.25) is 0 Å². The zero-order valence-corrected chi connectivity index (χ0v) is 20.2. The summed E-state index contributed by atoms with van der Waals surface area (Å²) in [5.41, 5.74) is 7.14. The van der Waals surface area contributed by atoms with Crippen molar-refractivity contribution in [2.24, 2.45) is 0 Å². The van der Waals surface area contributed by atoms with Gasteiger partial charge in [0, 0.05) is 51.0 Å². The molecule has 6 heteroatoms. The van der Waals surface area contributed by atoms with Gasteiger partial charge in [-0.3, -0.25) is 4.90 Å². The van der Waals surface area contributed by atoms with Gasteiger partial charge in [0.15, 0.2) is 0 Å². The smallest absolute Gasteiger partial charge is 0.138 e. The van der Waals surface area contributed by atoms with Crippen LogP contribution in [0.3, 0.4) is 0 Å². The van der Waals surface area contributed by atoms with Gasteiger partial charge in [0.1, 0.15) is 11.3 Å². The molecule has 1 fully saturated rings. The van der Waals surface area contributed by atoms with E-state index in [0.717, 1.165) is 67.4 Å². The number of anilines is 1. The third-order valence-electron chi connectivity index (χ3n) is 6.67. The maximum Gasteiger partial charge on any atom is 0.138 e. The van der Waals surface area contributed by atoms with Crippen molar-refractivity contribution in [1.82, 2.24) is 24.4 Å². The van der Waals surface area contributed by atoms with Crippen molar-refractivity contribution in [1.29, 1.82) is 0 Å². The second-order valence-corrected chi connectivity index (χ2v) is 10.0. The third kappa shape index (κ3) is 4.53. The summed E-state index contributed by atoms with van der Waals surface area (Å²) in [5.74, 6) is 0.933. The summed E-state index contributed by atoms with van der Waals surface area (Å²) < 4.78 is 2.14. The monoisotopic (exact) mass is 442 g/mol. The molecule has 1 aliphatic rings. The fourth-order valence-corrected chi connectivity index (χ4v) is 4.57. The molecule has 1 N–H and O–H groups in total. The van der Waals surface area contributed by atoms with Crippen LogP contribution in [-0.2, 0) is 18.5 Å². The Kier molecular flexibility index (Phi) is 5.71. The van der Waals surface area contributed by atoms with Crippen LogP contribution in [0.5, 0.6) is 0 Å². The number of nitrogens with zero attached hydrogens (tertiary/aromatic N) is 5. The van der Waals surface area contributed by atoms with Crippen molar-refractivity contribution in [3.05, 3.63) is 66.2 Å². The molecule has 0 bridgehead atoms. The standard InChI is InChI=1S/C27H34N6/c1-5-31-17-22(28-19-31)18-32-13-15-33(16-14-32)24-8-6-7-23-25(24)30-26(29-23)20-9-11-21(12-10-20)27(2,3)4/h6-12,17,19H,5,13-16,18H2,1-4H3,(H,29,30). The van der Waals surface area contributed by atoms with Crippen molar-refractivity contribution >= 4 is 16.7 Å². The lowest BCUT2D eigenvalue weighted by Crippen LogP contribution is -2.46. The average molecular weight is 443 g/mol. The largest absolute Gasteiger partial charge is 0.367 e. The van der Waals surface area contributed by atoms with E-state index in [0.29, 0.717) is 0 Å². The summed E-state index contributed by atoms with van der Waals surface area (Å²) in [7, 11) is 0. The number of H-pyrrole nitrogens is 1. The second-order valence-electron chi connectivity index (χ2n) is 10.0. The molecule has 6 nitrogen and oxygen atoms in total. The van der Waals surface area contributed by atoms with Gasteiger partial charge in [-0.25, -0.2) is 9.97 Å². The molecule has 0 aliphatic carbocycles. The molecule has 1 aliphatic heterocycles. The van der Waals surface area contributed by atoms with Gasteiger partial charge in [-0.1, -0.05) is 51.1 Å². The van der Waals surface area contributed by atoms with E-state index in [1.165, 1.54) is 11.3 Å². The summed E-state index contributed by atoms with van der Waals surface area (Å²) in [6.07, 6.45) is 4.09. The predicted molar refractivity (Wildman–Crippen MR) is 136 cm³/mol. The normalized spacial score (nSPS) is 15.5. The van der Waals surface area contributed by atoms with Gasteiger partial charge in [0.05, 0.1) is 23.2 Å². The minimum Gasteiger partial charge on any atom is -0.367 e. The van der Waals surface area contributed by atoms with Crippen molar-refractivity contribution in [3.8, 4) is 11.4 Å². The van der Waals surface area contributed by atoms with Crippen LogP contribution in [-0.4, -0.2) is 50.6 Å². The van der Waals surface area contributed by atoms with Crippen LogP contribution < -0.4 is 4.90 Å². The number of nitrogens with one attached hydrogen (secondary N) is 1. The van der Waals surface area contributed by atoms with Gasteiger partial charge >= 0.3 is 0 Å².